The standard InChI is InChI=1S/C23H36N6/c1-18-21(19(2)29(27-18)20-12-8-6-9-13-20)16-25-22(24-5)26-17-23(3,4)28-14-10-7-11-15-28/h6,8-9,12-13H,7,10-11,14-17H2,1-5H3,(H2,24,25,26). The van der Waals surface area contributed by atoms with E-state index in [-0.39, 0.29) is 5.54 Å². The zero-order valence-electron chi connectivity index (χ0n) is 18.6. The molecular weight excluding hydrogens is 360 g/mol. The fraction of sp³-hybridized carbons (Fsp3) is 0.565. The van der Waals surface area contributed by atoms with Gasteiger partial charge < -0.3 is 10.6 Å². The maximum absolute atomic E-state index is 4.74. The highest BCUT2D eigenvalue weighted by atomic mass is 15.3. The summed E-state index contributed by atoms with van der Waals surface area (Å²) in [6.45, 7) is 12.8. The molecule has 0 bridgehead atoms. The molecule has 3 rings (SSSR count). The largest absolute Gasteiger partial charge is 0.355 e. The molecule has 0 radical (unpaired) electrons. The first-order chi connectivity index (χ1) is 13.9. The zero-order chi connectivity index (χ0) is 20.9. The van der Waals surface area contributed by atoms with E-state index < -0.39 is 0 Å². The Hall–Kier alpha value is -2.34. The van der Waals surface area contributed by atoms with Gasteiger partial charge in [0, 0.05) is 36.9 Å². The molecule has 1 saturated heterocycles. The molecule has 1 fully saturated rings. The monoisotopic (exact) mass is 396 g/mol. The second kappa shape index (κ2) is 9.44. The lowest BCUT2D eigenvalue weighted by molar-refractivity contribution is 0.0982. The van der Waals surface area contributed by atoms with Gasteiger partial charge in [0.25, 0.3) is 0 Å². The molecule has 2 N–H and O–H groups in total. The first-order valence-corrected chi connectivity index (χ1v) is 10.7. The molecule has 6 nitrogen and oxygen atoms in total. The van der Waals surface area contributed by atoms with Crippen LogP contribution in [0, 0.1) is 13.8 Å². The van der Waals surface area contributed by atoms with Crippen molar-refractivity contribution in [1.29, 1.82) is 0 Å². The average molecular weight is 397 g/mol. The summed E-state index contributed by atoms with van der Waals surface area (Å²) in [5.41, 5.74) is 4.62. The van der Waals surface area contributed by atoms with Crippen molar-refractivity contribution >= 4 is 5.96 Å². The summed E-state index contributed by atoms with van der Waals surface area (Å²) < 4.78 is 2.02. The number of rotatable bonds is 6. The summed E-state index contributed by atoms with van der Waals surface area (Å²) in [5, 5.41) is 11.7. The number of aliphatic imine (C=N–C) groups is 1. The van der Waals surface area contributed by atoms with E-state index in [9.17, 15) is 0 Å². The van der Waals surface area contributed by atoms with Gasteiger partial charge in [0.1, 0.15) is 0 Å². The van der Waals surface area contributed by atoms with Crippen LogP contribution in [0.3, 0.4) is 0 Å². The van der Waals surface area contributed by atoms with Crippen LogP contribution in [0.5, 0.6) is 0 Å². The third-order valence-electron chi connectivity index (χ3n) is 6.00. The summed E-state index contributed by atoms with van der Waals surface area (Å²) in [6.07, 6.45) is 3.97. The van der Waals surface area contributed by atoms with E-state index in [4.69, 9.17) is 5.10 Å². The lowest BCUT2D eigenvalue weighted by Gasteiger charge is -2.41. The van der Waals surface area contributed by atoms with Gasteiger partial charge in [-0.3, -0.25) is 9.89 Å². The third-order valence-corrected chi connectivity index (χ3v) is 6.00. The molecule has 2 aromatic rings. The number of aryl methyl sites for hydroxylation is 1. The van der Waals surface area contributed by atoms with Gasteiger partial charge >= 0.3 is 0 Å². The van der Waals surface area contributed by atoms with Crippen molar-refractivity contribution < 1.29 is 0 Å². The maximum Gasteiger partial charge on any atom is 0.191 e. The second-order valence-electron chi connectivity index (χ2n) is 8.54. The Bertz CT molecular complexity index is 815. The molecule has 29 heavy (non-hydrogen) atoms. The Morgan fingerprint density at radius 3 is 2.41 bits per heavy atom. The van der Waals surface area contributed by atoms with E-state index in [1.54, 1.807) is 0 Å². The Morgan fingerprint density at radius 2 is 1.76 bits per heavy atom. The molecule has 1 aromatic carbocycles. The summed E-state index contributed by atoms with van der Waals surface area (Å²) in [5.74, 6) is 0.835. The number of para-hydroxylation sites is 1. The molecule has 0 atom stereocenters. The Balaban J connectivity index is 1.60. The van der Waals surface area contributed by atoms with Gasteiger partial charge in [-0.25, -0.2) is 4.68 Å². The number of aromatic nitrogens is 2. The second-order valence-corrected chi connectivity index (χ2v) is 8.54. The molecule has 2 heterocycles. The van der Waals surface area contributed by atoms with Crippen LogP contribution in [-0.2, 0) is 6.54 Å². The summed E-state index contributed by atoms with van der Waals surface area (Å²) in [4.78, 5) is 7.02. The van der Waals surface area contributed by atoms with Crippen molar-refractivity contribution in [2.75, 3.05) is 26.7 Å². The van der Waals surface area contributed by atoms with Crippen molar-refractivity contribution in [2.45, 2.75) is 59.0 Å². The van der Waals surface area contributed by atoms with Gasteiger partial charge in [-0.2, -0.15) is 5.10 Å². The molecule has 0 saturated carbocycles. The molecule has 1 aliphatic heterocycles. The lowest BCUT2D eigenvalue weighted by Crippen LogP contribution is -2.54. The minimum absolute atomic E-state index is 0.113. The van der Waals surface area contributed by atoms with Crippen molar-refractivity contribution in [3.05, 3.63) is 47.3 Å². The number of hydrogen-bond donors (Lipinski definition) is 2. The minimum Gasteiger partial charge on any atom is -0.355 e. The van der Waals surface area contributed by atoms with Crippen LogP contribution in [0.25, 0.3) is 5.69 Å². The van der Waals surface area contributed by atoms with Gasteiger partial charge in [0.05, 0.1) is 11.4 Å². The van der Waals surface area contributed by atoms with Gasteiger partial charge in [-0.05, 0) is 65.8 Å². The highest BCUT2D eigenvalue weighted by Gasteiger charge is 2.28. The predicted molar refractivity (Wildman–Crippen MR) is 121 cm³/mol. The van der Waals surface area contributed by atoms with Gasteiger partial charge in [0.15, 0.2) is 5.96 Å². The fourth-order valence-corrected chi connectivity index (χ4v) is 4.06. The Kier molecular flexibility index (Phi) is 6.96. The number of benzene rings is 1. The van der Waals surface area contributed by atoms with Crippen molar-refractivity contribution in [3.8, 4) is 5.69 Å². The molecule has 0 amide bonds. The van der Waals surface area contributed by atoms with Crippen molar-refractivity contribution in [3.63, 3.8) is 0 Å². The normalized spacial score (nSPS) is 16.1. The highest BCUT2D eigenvalue weighted by Crippen LogP contribution is 2.20. The Morgan fingerprint density at radius 1 is 1.07 bits per heavy atom. The lowest BCUT2D eigenvalue weighted by atomic mass is 9.98. The van der Waals surface area contributed by atoms with E-state index in [0.717, 1.165) is 29.6 Å². The number of nitrogens with one attached hydrogen (secondary N) is 2. The Labute approximate surface area is 175 Å². The number of piperidine rings is 1. The first-order valence-electron chi connectivity index (χ1n) is 10.7. The molecule has 0 aliphatic carbocycles. The van der Waals surface area contributed by atoms with Crippen LogP contribution in [0.2, 0.25) is 0 Å². The summed E-state index contributed by atoms with van der Waals surface area (Å²) in [7, 11) is 1.83. The molecule has 1 aliphatic rings. The van der Waals surface area contributed by atoms with E-state index in [1.165, 1.54) is 37.9 Å². The van der Waals surface area contributed by atoms with Crippen LogP contribution in [0.4, 0.5) is 0 Å². The average Bonchev–Trinajstić information content (AvgIpc) is 3.03. The number of guanidine groups is 1. The topological polar surface area (TPSA) is 57.5 Å². The van der Waals surface area contributed by atoms with Crippen molar-refractivity contribution in [1.82, 2.24) is 25.3 Å². The minimum atomic E-state index is 0.113. The quantitative estimate of drug-likeness (QED) is 0.580. The van der Waals surface area contributed by atoms with Gasteiger partial charge in [-0.15, -0.1) is 0 Å². The fourth-order valence-electron chi connectivity index (χ4n) is 4.06. The van der Waals surface area contributed by atoms with Crippen LogP contribution >= 0.6 is 0 Å². The van der Waals surface area contributed by atoms with Crippen LogP contribution in [0.1, 0.15) is 50.1 Å². The predicted octanol–water partition coefficient (Wildman–Crippen LogP) is 3.42. The number of hydrogen-bond acceptors (Lipinski definition) is 3. The van der Waals surface area contributed by atoms with Crippen molar-refractivity contribution in [2.24, 2.45) is 4.99 Å². The molecule has 0 spiro atoms. The number of likely N-dealkylation sites (tertiary alicyclic amines) is 1. The molecule has 158 valence electrons. The van der Waals surface area contributed by atoms with Crippen LogP contribution in [0.15, 0.2) is 35.3 Å². The van der Waals surface area contributed by atoms with E-state index >= 15 is 0 Å². The van der Waals surface area contributed by atoms with E-state index in [2.05, 4.69) is 60.4 Å². The first kappa shape index (κ1) is 21.4. The maximum atomic E-state index is 4.74. The van der Waals surface area contributed by atoms with E-state index in [0.29, 0.717) is 6.54 Å². The summed E-state index contributed by atoms with van der Waals surface area (Å²) in [6, 6.07) is 10.3. The SMILES string of the molecule is CN=C(NCc1c(C)nn(-c2ccccc2)c1C)NCC(C)(C)N1CCCCC1. The zero-order valence-corrected chi connectivity index (χ0v) is 18.6. The third kappa shape index (κ3) is 5.18. The van der Waals surface area contributed by atoms with E-state index in [1.807, 2.05) is 29.9 Å². The number of nitrogens with zero attached hydrogens (tertiary/aromatic N) is 4. The van der Waals surface area contributed by atoms with Crippen LogP contribution < -0.4 is 10.6 Å². The molecule has 0 unspecified atom stereocenters. The molecular formula is C23H36N6. The summed E-state index contributed by atoms with van der Waals surface area (Å²) >= 11 is 0. The van der Waals surface area contributed by atoms with Gasteiger partial charge in [0.2, 0.25) is 0 Å². The van der Waals surface area contributed by atoms with Gasteiger partial charge in [-0.1, -0.05) is 24.6 Å². The smallest absolute Gasteiger partial charge is 0.191 e. The molecule has 1 aromatic heterocycles. The molecule has 6 heteroatoms. The highest BCUT2D eigenvalue weighted by molar-refractivity contribution is 5.79. The van der Waals surface area contributed by atoms with Crippen LogP contribution in [-0.4, -0.2) is 52.9 Å².